The lowest BCUT2D eigenvalue weighted by Gasteiger charge is -2.26. The van der Waals surface area contributed by atoms with Gasteiger partial charge in [-0.15, -0.1) is 0 Å². The summed E-state index contributed by atoms with van der Waals surface area (Å²) in [7, 11) is 1.27. The normalized spacial score (nSPS) is 13.3. The number of hydrogen-bond acceptors (Lipinski definition) is 5. The highest BCUT2D eigenvalue weighted by Crippen LogP contribution is 2.19. The Morgan fingerprint density at radius 1 is 1.06 bits per heavy atom. The van der Waals surface area contributed by atoms with Crippen LogP contribution in [0.5, 0.6) is 0 Å². The molecule has 0 aliphatic rings. The molecule has 0 spiro atoms. The molecule has 0 saturated heterocycles. The number of nitrogens with one attached hydrogen (secondary N) is 4. The third kappa shape index (κ3) is 7.79. The number of benzene rings is 1. The number of carbonyl (C=O) groups excluding carboxylic acids is 3. The van der Waals surface area contributed by atoms with E-state index in [9.17, 15) is 14.4 Å². The number of hydrogen-bond donors (Lipinski definition) is 4. The fraction of sp³-hybridized carbons (Fsp3) is 0.522. The fourth-order valence-corrected chi connectivity index (χ4v) is 3.29. The van der Waals surface area contributed by atoms with Crippen LogP contribution in [0.25, 0.3) is 10.9 Å². The van der Waals surface area contributed by atoms with Crippen LogP contribution in [0.15, 0.2) is 30.5 Å². The Morgan fingerprint density at radius 2 is 1.75 bits per heavy atom. The quantitative estimate of drug-likeness (QED) is 0.366. The fourth-order valence-electron chi connectivity index (χ4n) is 3.29. The van der Waals surface area contributed by atoms with E-state index in [1.807, 2.05) is 44.3 Å². The molecule has 2 atom stereocenters. The lowest BCUT2D eigenvalue weighted by molar-refractivity contribution is -0.142. The molecule has 1 aromatic heterocycles. The van der Waals surface area contributed by atoms with E-state index in [0.29, 0.717) is 6.42 Å². The van der Waals surface area contributed by atoms with Crippen LogP contribution in [0.3, 0.4) is 0 Å². The van der Waals surface area contributed by atoms with Gasteiger partial charge in [-0.25, -0.2) is 14.4 Å². The van der Waals surface area contributed by atoms with E-state index < -0.39 is 35.9 Å². The Morgan fingerprint density at radius 3 is 2.38 bits per heavy atom. The van der Waals surface area contributed by atoms with Gasteiger partial charge >= 0.3 is 18.1 Å². The van der Waals surface area contributed by atoms with Crippen LogP contribution in [-0.2, 0) is 20.7 Å². The monoisotopic (exact) mass is 446 g/mol. The molecule has 0 radical (unpaired) electrons. The number of esters is 1. The van der Waals surface area contributed by atoms with E-state index in [-0.39, 0.29) is 12.3 Å². The van der Waals surface area contributed by atoms with Crippen LogP contribution in [0.2, 0.25) is 0 Å². The van der Waals surface area contributed by atoms with Gasteiger partial charge in [0, 0.05) is 23.5 Å². The minimum absolute atomic E-state index is 0.192. The molecule has 1 heterocycles. The predicted octanol–water partition coefficient (Wildman–Crippen LogP) is 3.45. The summed E-state index contributed by atoms with van der Waals surface area (Å²) in [5.74, 6) is -0.371. The molecule has 3 amide bonds. The van der Waals surface area contributed by atoms with Gasteiger partial charge in [0.25, 0.3) is 0 Å². The van der Waals surface area contributed by atoms with Crippen molar-refractivity contribution >= 4 is 29.0 Å². The maximum atomic E-state index is 12.7. The molecule has 0 saturated carbocycles. The third-order valence-electron chi connectivity index (χ3n) is 4.59. The second-order valence-electron chi connectivity index (χ2n) is 9.09. The van der Waals surface area contributed by atoms with Crippen molar-refractivity contribution in [3.63, 3.8) is 0 Å². The number of aromatic nitrogens is 1. The van der Waals surface area contributed by atoms with E-state index >= 15 is 0 Å². The average molecular weight is 447 g/mol. The molecule has 0 aliphatic heterocycles. The molecule has 2 aromatic rings. The second-order valence-corrected chi connectivity index (χ2v) is 9.09. The van der Waals surface area contributed by atoms with Gasteiger partial charge in [-0.2, -0.15) is 0 Å². The molecule has 0 bridgehead atoms. The maximum Gasteiger partial charge on any atom is 0.409 e. The summed E-state index contributed by atoms with van der Waals surface area (Å²) in [6, 6.07) is 6.20. The SMILES string of the molecule is COC(=O)[C@H](Cc1c[nH]c2ccccc12)NC(=O)N[C@H](CC(C)C)NC(=O)OC(C)(C)C. The standard InChI is InChI=1S/C23H34N4O5/c1-14(2)11-19(27-22(30)32-23(3,4)5)26-21(29)25-18(20(28)31-6)12-15-13-24-17-10-8-7-9-16(15)17/h7-10,13-14,18-19,24H,11-12H2,1-6H3,(H,27,30)(H2,25,26,29)/t18-,19-/m0/s1. The first-order valence-corrected chi connectivity index (χ1v) is 10.7. The van der Waals surface area contributed by atoms with Crippen LogP contribution >= 0.6 is 0 Å². The summed E-state index contributed by atoms with van der Waals surface area (Å²) in [4.78, 5) is 40.4. The lowest BCUT2D eigenvalue weighted by atomic mass is 10.1. The summed E-state index contributed by atoms with van der Waals surface area (Å²) in [6.45, 7) is 9.22. The number of rotatable bonds is 8. The number of aromatic amines is 1. The molecular weight excluding hydrogens is 412 g/mol. The van der Waals surface area contributed by atoms with Crippen molar-refractivity contribution in [2.24, 2.45) is 5.92 Å². The zero-order chi connectivity index (χ0) is 23.9. The molecule has 32 heavy (non-hydrogen) atoms. The molecule has 9 nitrogen and oxygen atoms in total. The maximum absolute atomic E-state index is 12.7. The Kier molecular flexibility index (Phi) is 8.51. The van der Waals surface area contributed by atoms with Gasteiger partial charge in [0.05, 0.1) is 7.11 Å². The van der Waals surface area contributed by atoms with E-state index in [1.165, 1.54) is 7.11 Å². The summed E-state index contributed by atoms with van der Waals surface area (Å²) >= 11 is 0. The lowest BCUT2D eigenvalue weighted by Crippen LogP contribution is -2.55. The topological polar surface area (TPSA) is 122 Å². The van der Waals surface area contributed by atoms with Crippen LogP contribution in [0, 0.1) is 5.92 Å². The van der Waals surface area contributed by atoms with Crippen molar-refractivity contribution in [1.29, 1.82) is 0 Å². The molecule has 4 N–H and O–H groups in total. The Bertz CT molecular complexity index is 932. The number of para-hydroxylation sites is 1. The van der Waals surface area contributed by atoms with Crippen molar-refractivity contribution in [3.05, 3.63) is 36.0 Å². The van der Waals surface area contributed by atoms with Gasteiger partial charge in [-0.3, -0.25) is 0 Å². The number of fused-ring (bicyclic) bond motifs is 1. The predicted molar refractivity (Wildman–Crippen MR) is 122 cm³/mol. The van der Waals surface area contributed by atoms with E-state index in [1.54, 1.807) is 20.8 Å². The van der Waals surface area contributed by atoms with Gasteiger partial charge in [-0.05, 0) is 44.7 Å². The number of ether oxygens (including phenoxy) is 2. The average Bonchev–Trinajstić information content (AvgIpc) is 3.07. The molecule has 176 valence electrons. The number of amides is 3. The first-order chi connectivity index (χ1) is 15.0. The molecule has 2 rings (SSSR count). The summed E-state index contributed by atoms with van der Waals surface area (Å²) < 4.78 is 10.2. The van der Waals surface area contributed by atoms with E-state index in [4.69, 9.17) is 9.47 Å². The van der Waals surface area contributed by atoms with Gasteiger partial charge in [0.1, 0.15) is 17.8 Å². The number of carbonyl (C=O) groups is 3. The first kappa shape index (κ1) is 25.0. The number of methoxy groups -OCH3 is 1. The van der Waals surface area contributed by atoms with Crippen molar-refractivity contribution in [3.8, 4) is 0 Å². The van der Waals surface area contributed by atoms with Gasteiger partial charge < -0.3 is 30.4 Å². The van der Waals surface area contributed by atoms with Gasteiger partial charge in [0.2, 0.25) is 0 Å². The zero-order valence-corrected chi connectivity index (χ0v) is 19.6. The minimum Gasteiger partial charge on any atom is -0.467 e. The molecule has 0 aliphatic carbocycles. The molecule has 0 fully saturated rings. The Balaban J connectivity index is 2.08. The molecule has 9 heteroatoms. The summed E-state index contributed by atoms with van der Waals surface area (Å²) in [5.41, 5.74) is 1.15. The van der Waals surface area contributed by atoms with E-state index in [2.05, 4.69) is 20.9 Å². The van der Waals surface area contributed by atoms with Gasteiger partial charge in [-0.1, -0.05) is 32.0 Å². The number of H-pyrrole nitrogens is 1. The van der Waals surface area contributed by atoms with Gasteiger partial charge in [0.15, 0.2) is 0 Å². The smallest absolute Gasteiger partial charge is 0.409 e. The molecule has 1 aromatic carbocycles. The van der Waals surface area contributed by atoms with Crippen LogP contribution < -0.4 is 16.0 Å². The summed E-state index contributed by atoms with van der Waals surface area (Å²) in [6.07, 6.45) is 1.24. The van der Waals surface area contributed by atoms with Crippen LogP contribution in [-0.4, -0.2) is 48.0 Å². The van der Waals surface area contributed by atoms with Crippen molar-refractivity contribution in [2.75, 3.05) is 7.11 Å². The highest BCUT2D eigenvalue weighted by molar-refractivity contribution is 5.87. The minimum atomic E-state index is -0.902. The third-order valence-corrected chi connectivity index (χ3v) is 4.59. The number of alkyl carbamates (subject to hydrolysis) is 1. The largest absolute Gasteiger partial charge is 0.467 e. The molecule has 0 unspecified atom stereocenters. The Hall–Kier alpha value is -3.23. The van der Waals surface area contributed by atoms with E-state index in [0.717, 1.165) is 16.5 Å². The summed E-state index contributed by atoms with van der Waals surface area (Å²) in [5, 5.41) is 9.01. The second kappa shape index (κ2) is 10.9. The first-order valence-electron chi connectivity index (χ1n) is 10.7. The highest BCUT2D eigenvalue weighted by atomic mass is 16.6. The van der Waals surface area contributed by atoms with Crippen molar-refractivity contribution in [2.45, 2.75) is 65.3 Å². The van der Waals surface area contributed by atoms with Crippen LogP contribution in [0.1, 0.15) is 46.6 Å². The highest BCUT2D eigenvalue weighted by Gasteiger charge is 2.26. The number of urea groups is 1. The molecular formula is C23H34N4O5. The van der Waals surface area contributed by atoms with Crippen molar-refractivity contribution < 1.29 is 23.9 Å². The van der Waals surface area contributed by atoms with Crippen LogP contribution in [0.4, 0.5) is 9.59 Å². The van der Waals surface area contributed by atoms with Crippen molar-refractivity contribution in [1.82, 2.24) is 20.9 Å². The zero-order valence-electron chi connectivity index (χ0n) is 19.6. The Labute approximate surface area is 188 Å².